The molecule has 0 heterocycles. The van der Waals surface area contributed by atoms with Crippen molar-refractivity contribution in [2.75, 3.05) is 13.2 Å². The molecule has 0 radical (unpaired) electrons. The predicted octanol–water partition coefficient (Wildman–Crippen LogP) is 14.7. The fourth-order valence-electron chi connectivity index (χ4n) is 5.40. The molecule has 1 atom stereocenters. The van der Waals surface area contributed by atoms with E-state index in [0.29, 0.717) is 19.3 Å². The molecule has 6 nitrogen and oxygen atoms in total. The number of rotatable bonds is 38. The molecule has 0 aromatic carbocycles. The smallest absolute Gasteiger partial charge is 0.306 e. The Kier molecular flexibility index (Phi) is 42.8. The van der Waals surface area contributed by atoms with E-state index in [-0.39, 0.29) is 44.0 Å². The van der Waals surface area contributed by atoms with Gasteiger partial charge in [0.15, 0.2) is 6.10 Å². The molecule has 328 valence electrons. The quantitative estimate of drug-likeness (QED) is 0.0203. The van der Waals surface area contributed by atoms with Crippen LogP contribution in [-0.4, -0.2) is 37.2 Å². The van der Waals surface area contributed by atoms with Gasteiger partial charge in [0, 0.05) is 19.3 Å². The van der Waals surface area contributed by atoms with Gasteiger partial charge >= 0.3 is 17.9 Å². The second-order valence-electron chi connectivity index (χ2n) is 14.3. The average Bonchev–Trinajstić information content (AvgIpc) is 3.23. The number of esters is 3. The maximum absolute atomic E-state index is 12.7. The molecule has 0 saturated heterocycles. The zero-order valence-corrected chi connectivity index (χ0v) is 37.2. The number of carbonyl (C=O) groups is 3. The molecule has 0 aliphatic heterocycles. The van der Waals surface area contributed by atoms with Crippen LogP contribution in [0.25, 0.3) is 0 Å². The van der Waals surface area contributed by atoms with Crippen LogP contribution in [0.3, 0.4) is 0 Å². The van der Waals surface area contributed by atoms with Gasteiger partial charge in [-0.2, -0.15) is 0 Å². The lowest BCUT2D eigenvalue weighted by atomic mass is 10.1. The maximum Gasteiger partial charge on any atom is 0.306 e. The Hall–Kier alpha value is -4.45. The highest BCUT2D eigenvalue weighted by molar-refractivity contribution is 5.71. The largest absolute Gasteiger partial charge is 0.462 e. The normalized spacial score (nSPS) is 13.3. The van der Waals surface area contributed by atoms with E-state index in [2.05, 4.69) is 130 Å². The van der Waals surface area contributed by atoms with Gasteiger partial charge in [-0.15, -0.1) is 0 Å². The third kappa shape index (κ3) is 44.5. The molecular weight excluding hydrogens is 733 g/mol. The van der Waals surface area contributed by atoms with E-state index < -0.39 is 6.10 Å². The highest BCUT2D eigenvalue weighted by atomic mass is 16.6. The molecule has 0 aromatic heterocycles. The molecule has 1 unspecified atom stereocenters. The van der Waals surface area contributed by atoms with Crippen molar-refractivity contribution < 1.29 is 28.6 Å². The summed E-state index contributed by atoms with van der Waals surface area (Å²) >= 11 is 0. The number of hydrogen-bond acceptors (Lipinski definition) is 6. The lowest BCUT2D eigenvalue weighted by Crippen LogP contribution is -2.30. The molecule has 0 aliphatic rings. The first-order valence-electron chi connectivity index (χ1n) is 22.7. The monoisotopic (exact) mass is 813 g/mol. The van der Waals surface area contributed by atoms with Gasteiger partial charge in [0.2, 0.25) is 0 Å². The minimum atomic E-state index is -0.829. The Labute approximate surface area is 360 Å². The molecule has 0 saturated carbocycles. The third-order valence-corrected chi connectivity index (χ3v) is 8.73. The van der Waals surface area contributed by atoms with Gasteiger partial charge in [-0.1, -0.05) is 174 Å². The van der Waals surface area contributed by atoms with E-state index in [1.807, 2.05) is 24.3 Å². The Morgan fingerprint density at radius 2 is 0.712 bits per heavy atom. The molecule has 0 aliphatic carbocycles. The van der Waals surface area contributed by atoms with E-state index >= 15 is 0 Å². The standard InChI is InChI=1S/C53H80O6/c1-4-7-10-13-16-19-21-23-25-26-28-29-31-34-37-40-43-46-52(55)58-49-50(48-57-51(54)45-42-39-36-33-18-15-12-9-6-3)59-53(56)47-44-41-38-35-32-30-27-24-22-20-17-14-11-8-5-2/h7-12,14,16-20,22-25,27-29,33-34,37,50H,4-6,13,15,21,26,30-32,35-36,38-49H2,1-3H3/b10-7-,11-8-,12-9-,17-14-,19-16-,22-20-,25-23-,27-24-,29-28-,33-18-,37-34-. The Morgan fingerprint density at radius 3 is 1.25 bits per heavy atom. The molecule has 0 rings (SSSR count). The van der Waals surface area contributed by atoms with E-state index in [1.165, 1.54) is 0 Å². The Balaban J connectivity index is 4.56. The van der Waals surface area contributed by atoms with Crippen molar-refractivity contribution in [1.29, 1.82) is 0 Å². The van der Waals surface area contributed by atoms with Crippen LogP contribution in [0.15, 0.2) is 134 Å². The molecule has 0 N–H and O–H groups in total. The van der Waals surface area contributed by atoms with Gasteiger partial charge in [-0.25, -0.2) is 0 Å². The summed E-state index contributed by atoms with van der Waals surface area (Å²) in [5.41, 5.74) is 0. The second kappa shape index (κ2) is 46.2. The third-order valence-electron chi connectivity index (χ3n) is 8.73. The minimum Gasteiger partial charge on any atom is -0.462 e. The van der Waals surface area contributed by atoms with Gasteiger partial charge < -0.3 is 14.2 Å². The summed E-state index contributed by atoms with van der Waals surface area (Å²) in [5, 5.41) is 0. The molecular formula is C53H80O6. The zero-order valence-electron chi connectivity index (χ0n) is 37.2. The Bertz CT molecular complexity index is 1350. The first-order chi connectivity index (χ1) is 29.0. The highest BCUT2D eigenvalue weighted by Crippen LogP contribution is 2.11. The summed E-state index contributed by atoms with van der Waals surface area (Å²) < 4.78 is 16.6. The summed E-state index contributed by atoms with van der Waals surface area (Å²) in [6.45, 7) is 6.12. The summed E-state index contributed by atoms with van der Waals surface area (Å²) in [7, 11) is 0. The molecule has 0 fully saturated rings. The summed E-state index contributed by atoms with van der Waals surface area (Å²) in [6.07, 6.45) is 64.5. The van der Waals surface area contributed by atoms with E-state index in [0.717, 1.165) is 109 Å². The second-order valence-corrected chi connectivity index (χ2v) is 14.3. The number of allylic oxidation sites excluding steroid dienone is 22. The summed E-state index contributed by atoms with van der Waals surface area (Å²) in [4.78, 5) is 37.7. The molecule has 0 spiro atoms. The first-order valence-corrected chi connectivity index (χ1v) is 22.7. The van der Waals surface area contributed by atoms with Crippen LogP contribution >= 0.6 is 0 Å². The van der Waals surface area contributed by atoms with Crippen molar-refractivity contribution in [1.82, 2.24) is 0 Å². The Morgan fingerprint density at radius 1 is 0.356 bits per heavy atom. The van der Waals surface area contributed by atoms with Crippen LogP contribution in [0.2, 0.25) is 0 Å². The molecule has 0 aromatic rings. The number of carbonyl (C=O) groups excluding carboxylic acids is 3. The first kappa shape index (κ1) is 54.6. The molecule has 6 heteroatoms. The van der Waals surface area contributed by atoms with E-state index in [4.69, 9.17) is 14.2 Å². The minimum absolute atomic E-state index is 0.129. The number of ether oxygens (including phenoxy) is 3. The van der Waals surface area contributed by atoms with Crippen molar-refractivity contribution in [3.8, 4) is 0 Å². The SMILES string of the molecule is CC\C=C/C=C\C=C/C=C\CCCCCCCC(=O)OC(COC(=O)CCC/C=C\C/C=C\C/C=C\C/C=C\C/C=C\CC)COC(=O)CCCC/C=C\C/C=C\CC. The maximum atomic E-state index is 12.7. The van der Waals surface area contributed by atoms with Crippen LogP contribution in [-0.2, 0) is 28.6 Å². The molecule has 0 bridgehead atoms. The van der Waals surface area contributed by atoms with Crippen molar-refractivity contribution in [3.05, 3.63) is 134 Å². The van der Waals surface area contributed by atoms with Gasteiger partial charge in [0.05, 0.1) is 0 Å². The van der Waals surface area contributed by atoms with Crippen molar-refractivity contribution >= 4 is 17.9 Å². The average molecular weight is 813 g/mol. The van der Waals surface area contributed by atoms with Gasteiger partial charge in [0.25, 0.3) is 0 Å². The summed E-state index contributed by atoms with van der Waals surface area (Å²) in [6, 6.07) is 0. The van der Waals surface area contributed by atoms with Gasteiger partial charge in [-0.05, 0) is 103 Å². The van der Waals surface area contributed by atoms with Crippen LogP contribution < -0.4 is 0 Å². The predicted molar refractivity (Wildman–Crippen MR) is 251 cm³/mol. The van der Waals surface area contributed by atoms with Crippen molar-refractivity contribution in [2.24, 2.45) is 0 Å². The highest BCUT2D eigenvalue weighted by Gasteiger charge is 2.19. The van der Waals surface area contributed by atoms with Gasteiger partial charge in [0.1, 0.15) is 13.2 Å². The lowest BCUT2D eigenvalue weighted by molar-refractivity contribution is -0.167. The topological polar surface area (TPSA) is 78.9 Å². The molecule has 0 amide bonds. The fraction of sp³-hybridized carbons (Fsp3) is 0.528. The number of unbranched alkanes of at least 4 members (excludes halogenated alkanes) is 8. The van der Waals surface area contributed by atoms with Crippen molar-refractivity contribution in [3.63, 3.8) is 0 Å². The fourth-order valence-corrected chi connectivity index (χ4v) is 5.40. The van der Waals surface area contributed by atoms with E-state index in [9.17, 15) is 14.4 Å². The number of hydrogen-bond donors (Lipinski definition) is 0. The van der Waals surface area contributed by atoms with Crippen LogP contribution in [0.5, 0.6) is 0 Å². The lowest BCUT2D eigenvalue weighted by Gasteiger charge is -2.18. The van der Waals surface area contributed by atoms with Crippen LogP contribution in [0.4, 0.5) is 0 Å². The van der Waals surface area contributed by atoms with Crippen LogP contribution in [0.1, 0.15) is 162 Å². The van der Waals surface area contributed by atoms with Crippen molar-refractivity contribution in [2.45, 2.75) is 168 Å². The zero-order chi connectivity index (χ0) is 43.0. The van der Waals surface area contributed by atoms with Crippen LogP contribution in [0, 0.1) is 0 Å². The van der Waals surface area contributed by atoms with E-state index in [1.54, 1.807) is 0 Å². The summed E-state index contributed by atoms with van der Waals surface area (Å²) in [5.74, 6) is -1.06. The molecule has 59 heavy (non-hydrogen) atoms. The van der Waals surface area contributed by atoms with Gasteiger partial charge in [-0.3, -0.25) is 14.4 Å².